The lowest BCUT2D eigenvalue weighted by atomic mass is 9.85. The minimum absolute atomic E-state index is 0.0771. The summed E-state index contributed by atoms with van der Waals surface area (Å²) in [5.41, 5.74) is 0.588. The van der Waals surface area contributed by atoms with Gasteiger partial charge in [0, 0.05) is 0 Å². The Balaban J connectivity index is 2.06. The summed E-state index contributed by atoms with van der Waals surface area (Å²) in [5, 5.41) is 19.3. The molecule has 0 spiro atoms. The van der Waals surface area contributed by atoms with Crippen molar-refractivity contribution in [3.63, 3.8) is 0 Å². The van der Waals surface area contributed by atoms with Crippen LogP contribution in [0.25, 0.3) is 0 Å². The standard InChI is InChI=1S/C20H20O7/c1-10(2)26-12-5-7-16-13(9-12)18(23)17(20(24)25-3)19(27-16)11-4-6-14(21)15(22)8-11/h4-10,17,19,21-22H,1-3H3/t17-,19+/m0/s1. The number of fused-ring (bicyclic) bond motifs is 1. The van der Waals surface area contributed by atoms with Crippen molar-refractivity contribution >= 4 is 11.8 Å². The van der Waals surface area contributed by atoms with Crippen molar-refractivity contribution in [1.82, 2.24) is 0 Å². The van der Waals surface area contributed by atoms with Crippen LogP contribution in [0.4, 0.5) is 0 Å². The summed E-state index contributed by atoms with van der Waals surface area (Å²) in [6.07, 6.45) is -1.08. The molecular formula is C20H20O7. The average molecular weight is 372 g/mol. The summed E-state index contributed by atoms with van der Waals surface area (Å²) < 4.78 is 16.3. The van der Waals surface area contributed by atoms with Crippen LogP contribution in [0.5, 0.6) is 23.0 Å². The molecular weight excluding hydrogens is 352 g/mol. The first kappa shape index (κ1) is 18.6. The fourth-order valence-corrected chi connectivity index (χ4v) is 3.00. The summed E-state index contributed by atoms with van der Waals surface area (Å²) >= 11 is 0. The van der Waals surface area contributed by atoms with Gasteiger partial charge in [0.05, 0.1) is 18.8 Å². The van der Waals surface area contributed by atoms with Crippen LogP contribution in [-0.2, 0) is 9.53 Å². The topological polar surface area (TPSA) is 102 Å². The number of ether oxygens (including phenoxy) is 3. The maximum absolute atomic E-state index is 13.0. The van der Waals surface area contributed by atoms with E-state index < -0.39 is 23.8 Å². The molecule has 0 bridgehead atoms. The van der Waals surface area contributed by atoms with Crippen molar-refractivity contribution in [2.75, 3.05) is 7.11 Å². The molecule has 142 valence electrons. The van der Waals surface area contributed by atoms with E-state index in [9.17, 15) is 19.8 Å². The first-order valence-electron chi connectivity index (χ1n) is 8.43. The predicted octanol–water partition coefficient (Wildman–Crippen LogP) is 2.99. The van der Waals surface area contributed by atoms with Gasteiger partial charge in [-0.2, -0.15) is 0 Å². The first-order valence-corrected chi connectivity index (χ1v) is 8.43. The molecule has 1 heterocycles. The normalized spacial score (nSPS) is 18.6. The van der Waals surface area contributed by atoms with Crippen LogP contribution in [0.15, 0.2) is 36.4 Å². The number of ketones is 1. The number of phenols is 2. The monoisotopic (exact) mass is 372 g/mol. The van der Waals surface area contributed by atoms with Crippen LogP contribution in [-0.4, -0.2) is 35.2 Å². The smallest absolute Gasteiger partial charge is 0.320 e. The number of aromatic hydroxyl groups is 2. The molecule has 2 aromatic rings. The Morgan fingerprint density at radius 1 is 1.11 bits per heavy atom. The lowest BCUT2D eigenvalue weighted by molar-refractivity contribution is -0.147. The van der Waals surface area contributed by atoms with Crippen molar-refractivity contribution in [3.05, 3.63) is 47.5 Å². The van der Waals surface area contributed by atoms with E-state index in [2.05, 4.69) is 0 Å². The largest absolute Gasteiger partial charge is 0.504 e. The van der Waals surface area contributed by atoms with Gasteiger partial charge in [-0.1, -0.05) is 6.07 Å². The molecule has 0 radical (unpaired) electrons. The Labute approximate surface area is 156 Å². The van der Waals surface area contributed by atoms with E-state index in [0.29, 0.717) is 17.1 Å². The highest BCUT2D eigenvalue weighted by Crippen LogP contribution is 2.42. The number of carbonyl (C=O) groups is 2. The van der Waals surface area contributed by atoms with Gasteiger partial charge in [0.2, 0.25) is 0 Å². The Kier molecular flexibility index (Phi) is 4.94. The Morgan fingerprint density at radius 2 is 1.85 bits per heavy atom. The Bertz CT molecular complexity index is 888. The number of Topliss-reactive ketones (excluding diaryl/α,β-unsaturated/α-hetero) is 1. The van der Waals surface area contributed by atoms with E-state index in [4.69, 9.17) is 14.2 Å². The minimum atomic E-state index is -1.25. The molecule has 0 saturated carbocycles. The number of esters is 1. The Hall–Kier alpha value is -3.22. The molecule has 27 heavy (non-hydrogen) atoms. The molecule has 0 unspecified atom stereocenters. The summed E-state index contributed by atoms with van der Waals surface area (Å²) in [6, 6.07) is 8.82. The molecule has 3 rings (SSSR count). The summed E-state index contributed by atoms with van der Waals surface area (Å²) in [6.45, 7) is 3.73. The van der Waals surface area contributed by atoms with Crippen LogP contribution in [0.3, 0.4) is 0 Å². The number of methoxy groups -OCH3 is 1. The van der Waals surface area contributed by atoms with Gasteiger partial charge in [-0.3, -0.25) is 9.59 Å². The van der Waals surface area contributed by atoms with E-state index >= 15 is 0 Å². The van der Waals surface area contributed by atoms with Crippen molar-refractivity contribution in [2.45, 2.75) is 26.1 Å². The van der Waals surface area contributed by atoms with Gasteiger partial charge < -0.3 is 24.4 Å². The molecule has 0 saturated heterocycles. The maximum Gasteiger partial charge on any atom is 0.320 e. The quantitative estimate of drug-likeness (QED) is 0.483. The van der Waals surface area contributed by atoms with Crippen molar-refractivity contribution in [3.8, 4) is 23.0 Å². The van der Waals surface area contributed by atoms with Gasteiger partial charge in [0.25, 0.3) is 0 Å². The van der Waals surface area contributed by atoms with Crippen LogP contribution in [0.2, 0.25) is 0 Å². The molecule has 0 aliphatic carbocycles. The van der Waals surface area contributed by atoms with E-state index in [1.54, 1.807) is 12.1 Å². The third-order valence-electron chi connectivity index (χ3n) is 4.21. The average Bonchev–Trinajstić information content (AvgIpc) is 2.63. The molecule has 2 aromatic carbocycles. The molecule has 0 amide bonds. The van der Waals surface area contributed by atoms with E-state index in [-0.39, 0.29) is 23.2 Å². The van der Waals surface area contributed by atoms with Gasteiger partial charge in [0.15, 0.2) is 23.2 Å². The minimum Gasteiger partial charge on any atom is -0.504 e. The maximum atomic E-state index is 13.0. The summed E-state index contributed by atoms with van der Waals surface area (Å²) in [4.78, 5) is 25.4. The second kappa shape index (κ2) is 7.19. The summed E-state index contributed by atoms with van der Waals surface area (Å²) in [7, 11) is 1.19. The summed E-state index contributed by atoms with van der Waals surface area (Å²) in [5.74, 6) is -2.36. The highest BCUT2D eigenvalue weighted by Gasteiger charge is 2.44. The molecule has 0 fully saturated rings. The zero-order valence-electron chi connectivity index (χ0n) is 15.1. The fourth-order valence-electron chi connectivity index (χ4n) is 3.00. The molecule has 0 aromatic heterocycles. The number of carbonyl (C=O) groups excluding carboxylic acids is 2. The number of rotatable bonds is 4. The van der Waals surface area contributed by atoms with Gasteiger partial charge in [-0.25, -0.2) is 0 Å². The molecule has 7 nitrogen and oxygen atoms in total. The van der Waals surface area contributed by atoms with Gasteiger partial charge in [-0.15, -0.1) is 0 Å². The molecule has 1 aliphatic heterocycles. The van der Waals surface area contributed by atoms with E-state index in [1.807, 2.05) is 13.8 Å². The van der Waals surface area contributed by atoms with Crippen LogP contribution in [0, 0.1) is 5.92 Å². The van der Waals surface area contributed by atoms with Crippen molar-refractivity contribution in [1.29, 1.82) is 0 Å². The number of hydrogen-bond donors (Lipinski definition) is 2. The second-order valence-corrected chi connectivity index (χ2v) is 6.48. The van der Waals surface area contributed by atoms with Crippen molar-refractivity contribution in [2.24, 2.45) is 5.92 Å². The number of hydrogen-bond acceptors (Lipinski definition) is 7. The van der Waals surface area contributed by atoms with Crippen LogP contribution >= 0.6 is 0 Å². The van der Waals surface area contributed by atoms with Gasteiger partial charge in [0.1, 0.15) is 17.6 Å². The Morgan fingerprint density at radius 3 is 2.48 bits per heavy atom. The van der Waals surface area contributed by atoms with Crippen molar-refractivity contribution < 1.29 is 34.0 Å². The van der Waals surface area contributed by atoms with Crippen LogP contribution in [0.1, 0.15) is 35.9 Å². The van der Waals surface area contributed by atoms with Gasteiger partial charge >= 0.3 is 5.97 Å². The number of phenolic OH excluding ortho intramolecular Hbond substituents is 2. The first-order chi connectivity index (χ1) is 12.8. The highest BCUT2D eigenvalue weighted by atomic mass is 16.5. The van der Waals surface area contributed by atoms with Crippen LogP contribution < -0.4 is 9.47 Å². The van der Waals surface area contributed by atoms with Gasteiger partial charge in [-0.05, 0) is 49.7 Å². The number of benzene rings is 2. The second-order valence-electron chi connectivity index (χ2n) is 6.48. The molecule has 1 aliphatic rings. The molecule has 7 heteroatoms. The highest BCUT2D eigenvalue weighted by molar-refractivity contribution is 6.11. The lowest BCUT2D eigenvalue weighted by Crippen LogP contribution is -2.37. The SMILES string of the molecule is COC(=O)[C@H]1C(=O)c2cc(OC(C)C)ccc2O[C@@H]1c1ccc(O)c(O)c1. The predicted molar refractivity (Wildman–Crippen MR) is 95.2 cm³/mol. The lowest BCUT2D eigenvalue weighted by Gasteiger charge is -2.31. The fraction of sp³-hybridized carbons (Fsp3) is 0.300. The molecule has 2 N–H and O–H groups in total. The third-order valence-corrected chi connectivity index (χ3v) is 4.21. The zero-order valence-corrected chi connectivity index (χ0v) is 15.1. The zero-order chi connectivity index (χ0) is 19.7. The third kappa shape index (κ3) is 3.53. The molecule has 2 atom stereocenters. The van der Waals surface area contributed by atoms with E-state index in [1.165, 1.54) is 31.4 Å². The van der Waals surface area contributed by atoms with E-state index in [0.717, 1.165) is 0 Å².